The summed E-state index contributed by atoms with van der Waals surface area (Å²) in [7, 11) is -4.28. The van der Waals surface area contributed by atoms with E-state index in [1.54, 1.807) is 67.9 Å². The smallest absolute Gasteiger partial charge is 0.338 e. The lowest BCUT2D eigenvalue weighted by Gasteiger charge is -2.27. The number of hydrogen-bond donors (Lipinski definition) is 1. The highest BCUT2D eigenvalue weighted by atomic mass is 32.2. The fourth-order valence-electron chi connectivity index (χ4n) is 4.30. The minimum atomic E-state index is -4.28. The summed E-state index contributed by atoms with van der Waals surface area (Å²) in [5.41, 5.74) is 7.06. The van der Waals surface area contributed by atoms with Crippen LogP contribution in [-0.4, -0.2) is 35.5 Å². The van der Waals surface area contributed by atoms with Crippen LogP contribution < -0.4 is 20.5 Å². The van der Waals surface area contributed by atoms with Crippen LogP contribution in [0, 0.1) is 0 Å². The molecule has 9 nitrogen and oxygen atoms in total. The molecule has 1 aromatic carbocycles. The van der Waals surface area contributed by atoms with Crippen molar-refractivity contribution in [2.24, 2.45) is 5.73 Å². The number of fused-ring (bicyclic) bond motifs is 1. The Kier molecular flexibility index (Phi) is 6.79. The number of carbonyl (C=O) groups is 1. The second kappa shape index (κ2) is 10.2. The van der Waals surface area contributed by atoms with Gasteiger partial charge in [0.2, 0.25) is 9.84 Å². The fraction of sp³-hybridized carbons (Fsp3) is 0.111. The van der Waals surface area contributed by atoms with Gasteiger partial charge in [0.1, 0.15) is 15.4 Å². The first-order chi connectivity index (χ1) is 18.3. The molecule has 0 radical (unpaired) electrons. The average molecular weight is 547 g/mol. The highest BCUT2D eigenvalue weighted by Crippen LogP contribution is 2.41. The van der Waals surface area contributed by atoms with Crippen molar-refractivity contribution in [3.63, 3.8) is 0 Å². The normalized spacial score (nSPS) is 15.9. The van der Waals surface area contributed by atoms with Gasteiger partial charge in [0.05, 0.1) is 27.5 Å². The lowest BCUT2D eigenvalue weighted by atomic mass is 9.90. The minimum Gasteiger partial charge on any atom is -0.463 e. The van der Waals surface area contributed by atoms with Gasteiger partial charge in [-0.1, -0.05) is 30.3 Å². The summed E-state index contributed by atoms with van der Waals surface area (Å²) in [6.45, 7) is 1.70. The first-order valence-electron chi connectivity index (χ1n) is 11.6. The number of nitrogens with two attached hydrogens (primary N) is 1. The monoisotopic (exact) mass is 546 g/mol. The van der Waals surface area contributed by atoms with Crippen molar-refractivity contribution in [2.45, 2.75) is 17.7 Å². The molecule has 0 bridgehead atoms. The third-order valence-electron chi connectivity index (χ3n) is 5.94. The van der Waals surface area contributed by atoms with E-state index in [2.05, 4.69) is 9.97 Å². The van der Waals surface area contributed by atoms with Crippen LogP contribution in [-0.2, 0) is 19.4 Å². The molecule has 1 aliphatic heterocycles. The maximum Gasteiger partial charge on any atom is 0.338 e. The SMILES string of the molecule is CCOC(=O)C1=c2sc(=Cc3cccnc3)c(=O)n2C(N)=C(S(=O)(=O)c2ccccc2)[C@@H]1c1cccnc1. The summed E-state index contributed by atoms with van der Waals surface area (Å²) in [5, 5.41) is 0. The molecule has 192 valence electrons. The van der Waals surface area contributed by atoms with Gasteiger partial charge < -0.3 is 10.5 Å². The maximum atomic E-state index is 14.1. The zero-order valence-electron chi connectivity index (χ0n) is 20.1. The molecule has 1 atom stereocenters. The van der Waals surface area contributed by atoms with E-state index in [1.165, 1.54) is 24.5 Å². The van der Waals surface area contributed by atoms with Crippen LogP contribution >= 0.6 is 11.3 Å². The number of rotatable bonds is 6. The molecule has 0 aliphatic carbocycles. The van der Waals surface area contributed by atoms with Gasteiger partial charge in [-0.3, -0.25) is 19.3 Å². The Labute approximate surface area is 221 Å². The number of carbonyl (C=O) groups excluding carboxylic acids is 1. The summed E-state index contributed by atoms with van der Waals surface area (Å²) in [5.74, 6) is -2.19. The van der Waals surface area contributed by atoms with Crippen LogP contribution in [0.5, 0.6) is 0 Å². The van der Waals surface area contributed by atoms with E-state index < -0.39 is 27.3 Å². The molecule has 0 saturated heterocycles. The molecular weight excluding hydrogens is 524 g/mol. The number of benzene rings is 1. The zero-order valence-corrected chi connectivity index (χ0v) is 21.8. The number of esters is 1. The molecule has 5 rings (SSSR count). The first kappa shape index (κ1) is 25.3. The van der Waals surface area contributed by atoms with Crippen molar-refractivity contribution in [3.05, 3.63) is 115 Å². The second-order valence-electron chi connectivity index (χ2n) is 8.26. The summed E-state index contributed by atoms with van der Waals surface area (Å²) in [6.07, 6.45) is 7.82. The summed E-state index contributed by atoms with van der Waals surface area (Å²) in [6, 6.07) is 14.5. The Bertz CT molecular complexity index is 1830. The molecular formula is C27H22N4O5S2. The van der Waals surface area contributed by atoms with Gasteiger partial charge in [-0.15, -0.1) is 11.3 Å². The number of nitrogens with zero attached hydrogens (tertiary/aromatic N) is 3. The molecule has 3 aromatic heterocycles. The largest absolute Gasteiger partial charge is 0.463 e. The van der Waals surface area contributed by atoms with Gasteiger partial charge in [-0.25, -0.2) is 13.2 Å². The Morgan fingerprint density at radius 1 is 1.08 bits per heavy atom. The molecule has 11 heteroatoms. The molecule has 0 amide bonds. The van der Waals surface area contributed by atoms with Crippen molar-refractivity contribution in [1.82, 2.24) is 14.5 Å². The molecule has 0 unspecified atom stereocenters. The summed E-state index contributed by atoms with van der Waals surface area (Å²) in [4.78, 5) is 35.0. The Hall–Kier alpha value is -4.35. The van der Waals surface area contributed by atoms with Crippen LogP contribution in [0.15, 0.2) is 94.0 Å². The zero-order chi connectivity index (χ0) is 26.9. The summed E-state index contributed by atoms with van der Waals surface area (Å²) >= 11 is 1.03. The van der Waals surface area contributed by atoms with Crippen molar-refractivity contribution in [1.29, 1.82) is 0 Å². The van der Waals surface area contributed by atoms with Crippen molar-refractivity contribution in [2.75, 3.05) is 6.61 Å². The molecule has 38 heavy (non-hydrogen) atoms. The maximum absolute atomic E-state index is 14.1. The fourth-order valence-corrected chi connectivity index (χ4v) is 7.17. The van der Waals surface area contributed by atoms with Crippen molar-refractivity contribution < 1.29 is 17.9 Å². The molecule has 1 aliphatic rings. The van der Waals surface area contributed by atoms with Gasteiger partial charge in [0.25, 0.3) is 5.56 Å². The molecule has 4 aromatic rings. The van der Waals surface area contributed by atoms with E-state index in [4.69, 9.17) is 10.5 Å². The second-order valence-corrected chi connectivity index (χ2v) is 11.2. The number of ether oxygens (including phenoxy) is 1. The highest BCUT2D eigenvalue weighted by Gasteiger charge is 2.42. The first-order valence-corrected chi connectivity index (χ1v) is 13.9. The number of aromatic nitrogens is 3. The van der Waals surface area contributed by atoms with Crippen molar-refractivity contribution in [3.8, 4) is 0 Å². The lowest BCUT2D eigenvalue weighted by Crippen LogP contribution is -2.41. The van der Waals surface area contributed by atoms with Gasteiger partial charge in [-0.2, -0.15) is 0 Å². The Balaban J connectivity index is 1.93. The van der Waals surface area contributed by atoms with Crippen LogP contribution in [0.25, 0.3) is 17.5 Å². The van der Waals surface area contributed by atoms with E-state index >= 15 is 0 Å². The third-order valence-corrected chi connectivity index (χ3v) is 8.96. The van der Waals surface area contributed by atoms with Crippen LogP contribution in [0.3, 0.4) is 0 Å². The minimum absolute atomic E-state index is 0.00325. The molecule has 0 spiro atoms. The van der Waals surface area contributed by atoms with Crippen molar-refractivity contribution >= 4 is 44.6 Å². The quantitative estimate of drug-likeness (QED) is 0.361. The number of hydrogen-bond acceptors (Lipinski definition) is 9. The topological polar surface area (TPSA) is 134 Å². The lowest BCUT2D eigenvalue weighted by molar-refractivity contribution is -0.136. The van der Waals surface area contributed by atoms with Gasteiger partial charge in [0.15, 0.2) is 0 Å². The highest BCUT2D eigenvalue weighted by molar-refractivity contribution is 7.95. The number of pyridine rings is 2. The molecule has 0 saturated carbocycles. The van der Waals surface area contributed by atoms with E-state index in [1.807, 2.05) is 0 Å². The Morgan fingerprint density at radius 3 is 2.42 bits per heavy atom. The molecule has 0 fully saturated rings. The van der Waals surface area contributed by atoms with E-state index in [0.717, 1.165) is 15.9 Å². The van der Waals surface area contributed by atoms with Gasteiger partial charge >= 0.3 is 5.97 Å². The molecule has 2 N–H and O–H groups in total. The predicted octanol–water partition coefficient (Wildman–Crippen LogP) is 1.60. The third kappa shape index (κ3) is 4.35. The summed E-state index contributed by atoms with van der Waals surface area (Å²) < 4.78 is 35.1. The standard InChI is InChI=1S/C27H22N4O5S2/c1-2-36-27(33)22-21(18-9-7-13-30-16-18)23(38(34,35)19-10-4-3-5-11-19)24(28)31-25(32)20(37-26(22)31)14-17-8-6-12-29-15-17/h3-16,21H,2,28H2,1H3/t21-/m1/s1. The Morgan fingerprint density at radius 2 is 1.79 bits per heavy atom. The van der Waals surface area contributed by atoms with Gasteiger partial charge in [-0.05, 0) is 48.4 Å². The van der Waals surface area contributed by atoms with Crippen LogP contribution in [0.1, 0.15) is 24.0 Å². The number of thiazole rings is 1. The molecule has 4 heterocycles. The van der Waals surface area contributed by atoms with E-state index in [0.29, 0.717) is 11.1 Å². The van der Waals surface area contributed by atoms with E-state index in [9.17, 15) is 18.0 Å². The predicted molar refractivity (Wildman–Crippen MR) is 144 cm³/mol. The average Bonchev–Trinajstić information content (AvgIpc) is 3.25. The number of allylic oxidation sites excluding steroid dienone is 1. The number of sulfone groups is 1. The van der Waals surface area contributed by atoms with Crippen LogP contribution in [0.2, 0.25) is 0 Å². The van der Waals surface area contributed by atoms with Gasteiger partial charge in [0, 0.05) is 24.8 Å². The van der Waals surface area contributed by atoms with Crippen LogP contribution in [0.4, 0.5) is 0 Å². The van der Waals surface area contributed by atoms with E-state index in [-0.39, 0.29) is 37.0 Å².